The molecule has 6 fully saturated rings. The van der Waals surface area contributed by atoms with E-state index in [0.29, 0.717) is 47.5 Å². The normalized spacial score (nSPS) is 63.3. The molecule has 4 saturated carbocycles. The van der Waals surface area contributed by atoms with Gasteiger partial charge < -0.3 is 19.7 Å². The molecule has 31 heavy (non-hydrogen) atoms. The molecule has 4 aliphatic carbocycles. The second-order valence-electron chi connectivity index (χ2n) is 13.2. The molecule has 2 N–H and O–H groups in total. The lowest BCUT2D eigenvalue weighted by Crippen LogP contribution is -2.59. The summed E-state index contributed by atoms with van der Waals surface area (Å²) in [4.78, 5) is 0. The molecular formula is C27H44O4. The summed E-state index contributed by atoms with van der Waals surface area (Å²) in [6, 6.07) is 0. The summed E-state index contributed by atoms with van der Waals surface area (Å²) in [6.07, 6.45) is 9.57. The predicted octanol–water partition coefficient (Wildman–Crippen LogP) is 4.76. The summed E-state index contributed by atoms with van der Waals surface area (Å²) < 4.78 is 13.3. The third-order valence-electron chi connectivity index (χ3n) is 11.9. The van der Waals surface area contributed by atoms with Gasteiger partial charge in [-0.3, -0.25) is 0 Å². The fraction of sp³-hybridized carbons (Fsp3) is 1.00. The standard InChI is InChI=1S/C27H44O4/c1-15-7-10-27(30-14-15)16(2)24-23(31-27)12-21-18-11-22(29)20-6-5-17(28)13-26(20,4)19(18)8-9-25(21,24)3/h15-24,28-29H,5-14H2,1-4H3. The zero-order chi connectivity index (χ0) is 21.8. The van der Waals surface area contributed by atoms with Gasteiger partial charge in [-0.15, -0.1) is 0 Å². The van der Waals surface area contributed by atoms with Crippen molar-refractivity contribution in [2.45, 2.75) is 110 Å². The molecular weight excluding hydrogens is 388 g/mol. The first-order valence-electron chi connectivity index (χ1n) is 13.4. The lowest BCUT2D eigenvalue weighted by molar-refractivity contribution is -0.273. The van der Waals surface area contributed by atoms with Gasteiger partial charge in [0.2, 0.25) is 0 Å². The van der Waals surface area contributed by atoms with Gasteiger partial charge in [0.25, 0.3) is 0 Å². The topological polar surface area (TPSA) is 58.9 Å². The number of rotatable bonds is 0. The molecule has 4 heteroatoms. The van der Waals surface area contributed by atoms with E-state index in [1.165, 1.54) is 19.3 Å². The first-order chi connectivity index (χ1) is 14.7. The van der Waals surface area contributed by atoms with E-state index < -0.39 is 0 Å². The average molecular weight is 433 g/mol. The van der Waals surface area contributed by atoms with E-state index in [-0.39, 0.29) is 28.8 Å². The van der Waals surface area contributed by atoms with Crippen LogP contribution in [0.25, 0.3) is 0 Å². The quantitative estimate of drug-likeness (QED) is 0.579. The van der Waals surface area contributed by atoms with Crippen molar-refractivity contribution in [1.29, 1.82) is 0 Å². The molecule has 0 amide bonds. The van der Waals surface area contributed by atoms with Crippen LogP contribution in [0.1, 0.15) is 85.5 Å². The van der Waals surface area contributed by atoms with E-state index in [1.54, 1.807) is 0 Å². The zero-order valence-electron chi connectivity index (χ0n) is 20.1. The molecule has 0 aromatic heterocycles. The highest BCUT2D eigenvalue weighted by Crippen LogP contribution is 2.71. The Labute approximate surface area is 188 Å². The first kappa shape index (κ1) is 21.4. The third-order valence-corrected chi connectivity index (χ3v) is 11.9. The first-order valence-corrected chi connectivity index (χ1v) is 13.4. The van der Waals surface area contributed by atoms with Crippen molar-refractivity contribution < 1.29 is 19.7 Å². The van der Waals surface area contributed by atoms with Gasteiger partial charge >= 0.3 is 0 Å². The van der Waals surface area contributed by atoms with Gasteiger partial charge in [-0.1, -0.05) is 27.7 Å². The maximum Gasteiger partial charge on any atom is 0.171 e. The lowest BCUT2D eigenvalue weighted by Gasteiger charge is -2.62. The molecule has 2 saturated heterocycles. The Hall–Kier alpha value is -0.160. The van der Waals surface area contributed by atoms with Crippen LogP contribution in [0.3, 0.4) is 0 Å². The van der Waals surface area contributed by atoms with Crippen molar-refractivity contribution in [3.05, 3.63) is 0 Å². The predicted molar refractivity (Wildman–Crippen MR) is 119 cm³/mol. The van der Waals surface area contributed by atoms with Crippen LogP contribution in [0.4, 0.5) is 0 Å². The van der Waals surface area contributed by atoms with Crippen LogP contribution >= 0.6 is 0 Å². The van der Waals surface area contributed by atoms with Crippen LogP contribution < -0.4 is 0 Å². The minimum atomic E-state index is -0.344. The minimum Gasteiger partial charge on any atom is -0.393 e. The molecule has 6 aliphatic rings. The van der Waals surface area contributed by atoms with Gasteiger partial charge in [-0.25, -0.2) is 0 Å². The molecule has 1 spiro atoms. The fourth-order valence-corrected chi connectivity index (χ4v) is 10.4. The fourth-order valence-electron chi connectivity index (χ4n) is 10.4. The van der Waals surface area contributed by atoms with E-state index >= 15 is 0 Å². The molecule has 4 nitrogen and oxygen atoms in total. The van der Waals surface area contributed by atoms with Crippen LogP contribution in [0.15, 0.2) is 0 Å². The molecule has 176 valence electrons. The molecule has 0 bridgehead atoms. The van der Waals surface area contributed by atoms with Crippen molar-refractivity contribution in [2.24, 2.45) is 52.3 Å². The van der Waals surface area contributed by atoms with Gasteiger partial charge in [0.05, 0.1) is 24.9 Å². The number of aliphatic hydroxyl groups excluding tert-OH is 2. The summed E-state index contributed by atoms with van der Waals surface area (Å²) in [7, 11) is 0. The minimum absolute atomic E-state index is 0.0926. The van der Waals surface area contributed by atoms with E-state index in [2.05, 4.69) is 27.7 Å². The Morgan fingerprint density at radius 2 is 1.65 bits per heavy atom. The molecule has 2 aliphatic heterocycles. The molecule has 0 radical (unpaired) electrons. The Kier molecular flexibility index (Phi) is 4.78. The third kappa shape index (κ3) is 2.80. The smallest absolute Gasteiger partial charge is 0.171 e. The van der Waals surface area contributed by atoms with E-state index in [4.69, 9.17) is 9.47 Å². The molecule has 0 aromatic rings. The van der Waals surface area contributed by atoms with Crippen LogP contribution in [0, 0.1) is 52.3 Å². The SMILES string of the molecule is CC1CCC2(OC1)OC1CC3C4CC(O)C5CCC(O)CC5(C)C4CCC3(C)C1C2C. The second kappa shape index (κ2) is 6.93. The van der Waals surface area contributed by atoms with Crippen molar-refractivity contribution in [2.75, 3.05) is 6.61 Å². The van der Waals surface area contributed by atoms with Gasteiger partial charge in [-0.2, -0.15) is 0 Å². The van der Waals surface area contributed by atoms with Crippen LogP contribution in [0.5, 0.6) is 0 Å². The lowest BCUT2D eigenvalue weighted by atomic mass is 9.43. The molecule has 13 unspecified atom stereocenters. The highest BCUT2D eigenvalue weighted by Gasteiger charge is 2.69. The van der Waals surface area contributed by atoms with Gasteiger partial charge in [0, 0.05) is 12.3 Å². The summed E-state index contributed by atoms with van der Waals surface area (Å²) in [5.41, 5.74) is 0.382. The molecule has 6 rings (SSSR count). The highest BCUT2D eigenvalue weighted by molar-refractivity contribution is 5.16. The van der Waals surface area contributed by atoms with E-state index in [1.807, 2.05) is 0 Å². The van der Waals surface area contributed by atoms with Crippen LogP contribution in [-0.4, -0.2) is 40.9 Å². The second-order valence-corrected chi connectivity index (χ2v) is 13.2. The van der Waals surface area contributed by atoms with Gasteiger partial charge in [-0.05, 0) is 97.7 Å². The number of hydrogen-bond donors (Lipinski definition) is 2. The van der Waals surface area contributed by atoms with Crippen molar-refractivity contribution in [3.63, 3.8) is 0 Å². The van der Waals surface area contributed by atoms with E-state index in [0.717, 1.165) is 45.1 Å². The van der Waals surface area contributed by atoms with Crippen molar-refractivity contribution in [1.82, 2.24) is 0 Å². The Morgan fingerprint density at radius 3 is 2.39 bits per heavy atom. The molecule has 2 heterocycles. The largest absolute Gasteiger partial charge is 0.393 e. The Morgan fingerprint density at radius 1 is 0.839 bits per heavy atom. The van der Waals surface area contributed by atoms with Gasteiger partial charge in [0.1, 0.15) is 0 Å². The van der Waals surface area contributed by atoms with Crippen molar-refractivity contribution >= 4 is 0 Å². The summed E-state index contributed by atoms with van der Waals surface area (Å²) >= 11 is 0. The number of aliphatic hydroxyl groups is 2. The van der Waals surface area contributed by atoms with Crippen LogP contribution in [0.2, 0.25) is 0 Å². The zero-order valence-corrected chi connectivity index (χ0v) is 20.1. The maximum absolute atomic E-state index is 11.2. The number of ether oxygens (including phenoxy) is 2. The van der Waals surface area contributed by atoms with E-state index in [9.17, 15) is 10.2 Å². The van der Waals surface area contributed by atoms with Crippen LogP contribution in [-0.2, 0) is 9.47 Å². The molecule has 13 atom stereocenters. The Balaban J connectivity index is 1.29. The highest BCUT2D eigenvalue weighted by atomic mass is 16.7. The molecule has 0 aromatic carbocycles. The maximum atomic E-state index is 11.2. The average Bonchev–Trinajstić information content (AvgIpc) is 3.15. The summed E-state index contributed by atoms with van der Waals surface area (Å²) in [5.74, 6) is 3.55. The van der Waals surface area contributed by atoms with Gasteiger partial charge in [0.15, 0.2) is 5.79 Å². The summed E-state index contributed by atoms with van der Waals surface area (Å²) in [5, 5.41) is 21.8. The Bertz CT molecular complexity index is 716. The monoisotopic (exact) mass is 432 g/mol. The number of fused-ring (bicyclic) bond motifs is 7. The number of hydrogen-bond acceptors (Lipinski definition) is 4. The summed E-state index contributed by atoms with van der Waals surface area (Å²) in [6.45, 7) is 10.5. The van der Waals surface area contributed by atoms with Crippen molar-refractivity contribution in [3.8, 4) is 0 Å².